The lowest BCUT2D eigenvalue weighted by molar-refractivity contribution is -0.136. The minimum absolute atomic E-state index is 0.0286. The predicted octanol–water partition coefficient (Wildman–Crippen LogP) is 2.44. The van der Waals surface area contributed by atoms with E-state index in [-0.39, 0.29) is 23.5 Å². The zero-order chi connectivity index (χ0) is 16.3. The molecule has 2 amide bonds. The fourth-order valence-electron chi connectivity index (χ4n) is 3.07. The predicted molar refractivity (Wildman–Crippen MR) is 82.5 cm³/mol. The summed E-state index contributed by atoms with van der Waals surface area (Å²) in [6.07, 6.45) is 1.27. The number of likely N-dealkylation sites (tertiary alicyclic amines) is 1. The fourth-order valence-corrected chi connectivity index (χ4v) is 3.07. The van der Waals surface area contributed by atoms with E-state index >= 15 is 0 Å². The van der Waals surface area contributed by atoms with Crippen molar-refractivity contribution in [1.82, 2.24) is 10.2 Å². The standard InChI is InChI=1S/C17H23FN2O2/c1-12(2)16(22)20-10-8-17(9-11-20,19-13(3)21)14-4-6-15(18)7-5-14/h4-7,12H,8-11H2,1-3H3,(H,19,21). The number of hydrogen-bond donors (Lipinski definition) is 1. The van der Waals surface area contributed by atoms with Gasteiger partial charge in [-0.25, -0.2) is 4.39 Å². The summed E-state index contributed by atoms with van der Waals surface area (Å²) in [5.74, 6) is -0.309. The highest BCUT2D eigenvalue weighted by atomic mass is 19.1. The van der Waals surface area contributed by atoms with Crippen molar-refractivity contribution in [3.8, 4) is 0 Å². The number of nitrogens with zero attached hydrogens (tertiary/aromatic N) is 1. The number of nitrogens with one attached hydrogen (secondary N) is 1. The molecule has 1 aliphatic heterocycles. The molecule has 0 unspecified atom stereocenters. The summed E-state index contributed by atoms with van der Waals surface area (Å²) < 4.78 is 13.2. The Hall–Kier alpha value is -1.91. The third-order valence-corrected chi connectivity index (χ3v) is 4.23. The number of carbonyl (C=O) groups excluding carboxylic acids is 2. The van der Waals surface area contributed by atoms with Gasteiger partial charge in [0, 0.05) is 25.9 Å². The summed E-state index contributed by atoms with van der Waals surface area (Å²) in [6.45, 7) is 6.44. The minimum atomic E-state index is -0.521. The van der Waals surface area contributed by atoms with Gasteiger partial charge in [-0.3, -0.25) is 9.59 Å². The second-order valence-electron chi connectivity index (χ2n) is 6.25. The van der Waals surface area contributed by atoms with E-state index in [1.165, 1.54) is 19.1 Å². The molecule has 1 N–H and O–H groups in total. The molecule has 1 heterocycles. The SMILES string of the molecule is CC(=O)NC1(c2ccc(F)cc2)CCN(C(=O)C(C)C)CC1. The van der Waals surface area contributed by atoms with Gasteiger partial charge in [0.15, 0.2) is 0 Å². The summed E-state index contributed by atoms with van der Waals surface area (Å²) >= 11 is 0. The molecule has 0 spiro atoms. The topological polar surface area (TPSA) is 49.4 Å². The first-order valence-electron chi connectivity index (χ1n) is 7.68. The molecule has 1 aromatic carbocycles. The Morgan fingerprint density at radius 1 is 1.18 bits per heavy atom. The second kappa shape index (κ2) is 6.46. The smallest absolute Gasteiger partial charge is 0.225 e. The van der Waals surface area contributed by atoms with Crippen LogP contribution in [-0.4, -0.2) is 29.8 Å². The highest BCUT2D eigenvalue weighted by Crippen LogP contribution is 2.33. The number of rotatable bonds is 3. The average molecular weight is 306 g/mol. The Morgan fingerprint density at radius 3 is 2.18 bits per heavy atom. The van der Waals surface area contributed by atoms with Crippen LogP contribution in [0.2, 0.25) is 0 Å². The van der Waals surface area contributed by atoms with Gasteiger partial charge in [0.1, 0.15) is 5.82 Å². The normalized spacial score (nSPS) is 17.4. The van der Waals surface area contributed by atoms with E-state index in [1.807, 2.05) is 18.7 Å². The van der Waals surface area contributed by atoms with E-state index in [9.17, 15) is 14.0 Å². The third-order valence-electron chi connectivity index (χ3n) is 4.23. The van der Waals surface area contributed by atoms with Crippen molar-refractivity contribution in [2.45, 2.75) is 39.2 Å². The minimum Gasteiger partial charge on any atom is -0.347 e. The maximum Gasteiger partial charge on any atom is 0.225 e. The van der Waals surface area contributed by atoms with E-state index in [0.717, 1.165) is 5.56 Å². The summed E-state index contributed by atoms with van der Waals surface area (Å²) in [7, 11) is 0. The van der Waals surface area contributed by atoms with E-state index in [0.29, 0.717) is 25.9 Å². The molecule has 4 nitrogen and oxygen atoms in total. The number of hydrogen-bond acceptors (Lipinski definition) is 2. The number of benzene rings is 1. The van der Waals surface area contributed by atoms with E-state index in [2.05, 4.69) is 5.32 Å². The Balaban J connectivity index is 2.21. The monoisotopic (exact) mass is 306 g/mol. The second-order valence-corrected chi connectivity index (χ2v) is 6.25. The van der Waals surface area contributed by atoms with Gasteiger partial charge in [0.05, 0.1) is 5.54 Å². The quantitative estimate of drug-likeness (QED) is 0.932. The van der Waals surface area contributed by atoms with Crippen LogP contribution < -0.4 is 5.32 Å². The van der Waals surface area contributed by atoms with Crippen LogP contribution in [0.4, 0.5) is 4.39 Å². The van der Waals surface area contributed by atoms with Gasteiger partial charge in [0.2, 0.25) is 11.8 Å². The molecule has 0 atom stereocenters. The molecule has 0 bridgehead atoms. The highest BCUT2D eigenvalue weighted by molar-refractivity contribution is 5.78. The Morgan fingerprint density at radius 2 is 1.73 bits per heavy atom. The van der Waals surface area contributed by atoms with E-state index in [1.54, 1.807) is 12.1 Å². The van der Waals surface area contributed by atoms with Crippen LogP contribution in [0, 0.1) is 11.7 Å². The van der Waals surface area contributed by atoms with Crippen LogP contribution in [0.25, 0.3) is 0 Å². The van der Waals surface area contributed by atoms with Crippen LogP contribution in [0.1, 0.15) is 39.2 Å². The first kappa shape index (κ1) is 16.5. The summed E-state index contributed by atoms with van der Waals surface area (Å²) in [5.41, 5.74) is 0.369. The first-order valence-corrected chi connectivity index (χ1v) is 7.68. The number of amides is 2. The van der Waals surface area contributed by atoms with E-state index in [4.69, 9.17) is 0 Å². The molecule has 120 valence electrons. The van der Waals surface area contributed by atoms with Gasteiger partial charge in [-0.15, -0.1) is 0 Å². The molecule has 22 heavy (non-hydrogen) atoms. The van der Waals surface area contributed by atoms with E-state index < -0.39 is 5.54 Å². The lowest BCUT2D eigenvalue weighted by Crippen LogP contribution is -2.54. The van der Waals surface area contributed by atoms with Crippen molar-refractivity contribution in [1.29, 1.82) is 0 Å². The molecule has 1 aliphatic rings. The maximum atomic E-state index is 13.2. The number of piperidine rings is 1. The van der Waals surface area contributed by atoms with Gasteiger partial charge in [-0.2, -0.15) is 0 Å². The van der Waals surface area contributed by atoms with Crippen molar-refractivity contribution in [3.63, 3.8) is 0 Å². The molecular formula is C17H23FN2O2. The zero-order valence-electron chi connectivity index (χ0n) is 13.4. The number of carbonyl (C=O) groups is 2. The van der Waals surface area contributed by atoms with Crippen LogP contribution in [0.5, 0.6) is 0 Å². The van der Waals surface area contributed by atoms with Crippen LogP contribution in [0.15, 0.2) is 24.3 Å². The molecule has 0 aliphatic carbocycles. The van der Waals surface area contributed by atoms with Crippen molar-refractivity contribution < 1.29 is 14.0 Å². The Kier molecular flexibility index (Phi) is 4.84. The fraction of sp³-hybridized carbons (Fsp3) is 0.529. The highest BCUT2D eigenvalue weighted by Gasteiger charge is 2.38. The van der Waals surface area contributed by atoms with Crippen molar-refractivity contribution in [3.05, 3.63) is 35.6 Å². The summed E-state index contributed by atoms with van der Waals surface area (Å²) in [5, 5.41) is 3.02. The van der Waals surface area contributed by atoms with Gasteiger partial charge in [-0.05, 0) is 30.5 Å². The third kappa shape index (κ3) is 3.46. The maximum absolute atomic E-state index is 13.2. The molecule has 0 saturated carbocycles. The van der Waals surface area contributed by atoms with Crippen molar-refractivity contribution >= 4 is 11.8 Å². The van der Waals surface area contributed by atoms with Gasteiger partial charge >= 0.3 is 0 Å². The summed E-state index contributed by atoms with van der Waals surface area (Å²) in [4.78, 5) is 25.6. The largest absolute Gasteiger partial charge is 0.347 e. The first-order chi connectivity index (χ1) is 10.3. The van der Waals surface area contributed by atoms with Crippen molar-refractivity contribution in [2.24, 2.45) is 5.92 Å². The molecule has 1 saturated heterocycles. The molecule has 1 aromatic rings. The van der Waals surface area contributed by atoms with Gasteiger partial charge < -0.3 is 10.2 Å². The lowest BCUT2D eigenvalue weighted by atomic mass is 9.80. The van der Waals surface area contributed by atoms with Gasteiger partial charge in [0.25, 0.3) is 0 Å². The molecule has 2 rings (SSSR count). The Labute approximate surface area is 130 Å². The van der Waals surface area contributed by atoms with Crippen LogP contribution in [0.3, 0.4) is 0 Å². The molecule has 0 radical (unpaired) electrons. The average Bonchev–Trinajstić information content (AvgIpc) is 2.47. The zero-order valence-corrected chi connectivity index (χ0v) is 13.4. The Bertz CT molecular complexity index is 546. The van der Waals surface area contributed by atoms with Crippen molar-refractivity contribution in [2.75, 3.05) is 13.1 Å². The molecule has 5 heteroatoms. The molecule has 0 aromatic heterocycles. The van der Waals surface area contributed by atoms with Crippen LogP contribution in [-0.2, 0) is 15.1 Å². The van der Waals surface area contributed by atoms with Gasteiger partial charge in [-0.1, -0.05) is 26.0 Å². The molecule has 1 fully saturated rings. The number of halogens is 1. The van der Waals surface area contributed by atoms with Crippen LogP contribution >= 0.6 is 0 Å². The lowest BCUT2D eigenvalue weighted by Gasteiger charge is -2.43. The summed E-state index contributed by atoms with van der Waals surface area (Å²) in [6, 6.07) is 6.24. The molecular weight excluding hydrogens is 283 g/mol.